The Morgan fingerprint density at radius 1 is 1.50 bits per heavy atom. The van der Waals surface area contributed by atoms with Crippen LogP contribution in [0.2, 0.25) is 0 Å². The molecule has 0 amide bonds. The van der Waals surface area contributed by atoms with Crippen molar-refractivity contribution in [3.05, 3.63) is 23.8 Å². The lowest BCUT2D eigenvalue weighted by molar-refractivity contribution is -0.0276. The van der Waals surface area contributed by atoms with Crippen molar-refractivity contribution in [2.24, 2.45) is 0 Å². The second-order valence-corrected chi connectivity index (χ2v) is 5.52. The summed E-state index contributed by atoms with van der Waals surface area (Å²) >= 11 is 0. The van der Waals surface area contributed by atoms with Gasteiger partial charge in [0.1, 0.15) is 0 Å². The first-order valence-electron chi connectivity index (χ1n) is 6.88. The number of morpholine rings is 1. The third-order valence-corrected chi connectivity index (χ3v) is 3.30. The number of rotatable bonds is 3. The van der Waals surface area contributed by atoms with Crippen LogP contribution in [0.4, 0.5) is 11.4 Å². The summed E-state index contributed by atoms with van der Waals surface area (Å²) in [5.41, 5.74) is 7.91. The first kappa shape index (κ1) is 14.7. The number of esters is 1. The average molecular weight is 278 g/mol. The zero-order valence-electron chi connectivity index (χ0n) is 12.3. The quantitative estimate of drug-likeness (QED) is 0.677. The van der Waals surface area contributed by atoms with Crippen LogP contribution in [-0.2, 0) is 9.47 Å². The van der Waals surface area contributed by atoms with Crippen LogP contribution < -0.4 is 10.6 Å². The van der Waals surface area contributed by atoms with Crippen LogP contribution in [-0.4, -0.2) is 37.9 Å². The van der Waals surface area contributed by atoms with Crippen LogP contribution in [0.1, 0.15) is 31.1 Å². The van der Waals surface area contributed by atoms with Crippen LogP contribution in [0.15, 0.2) is 18.2 Å². The Bertz CT molecular complexity index is 500. The van der Waals surface area contributed by atoms with Crippen molar-refractivity contribution >= 4 is 17.3 Å². The van der Waals surface area contributed by atoms with Crippen molar-refractivity contribution in [1.29, 1.82) is 0 Å². The van der Waals surface area contributed by atoms with Crippen molar-refractivity contribution < 1.29 is 14.3 Å². The molecule has 2 N–H and O–H groups in total. The lowest BCUT2D eigenvalue weighted by Crippen LogP contribution is -2.48. The molecule has 20 heavy (non-hydrogen) atoms. The molecule has 0 bridgehead atoms. The third-order valence-electron chi connectivity index (χ3n) is 3.30. The number of ether oxygens (including phenoxy) is 2. The maximum atomic E-state index is 11.7. The molecule has 1 aliphatic heterocycles. The van der Waals surface area contributed by atoms with E-state index in [0.717, 1.165) is 18.8 Å². The van der Waals surface area contributed by atoms with Crippen LogP contribution in [0.25, 0.3) is 0 Å². The van der Waals surface area contributed by atoms with Crippen LogP contribution in [0, 0.1) is 0 Å². The number of carbonyl (C=O) groups is 1. The fourth-order valence-corrected chi connectivity index (χ4v) is 2.41. The number of nitrogens with zero attached hydrogens (tertiary/aromatic N) is 1. The van der Waals surface area contributed by atoms with Gasteiger partial charge < -0.3 is 20.1 Å². The van der Waals surface area contributed by atoms with E-state index in [1.807, 2.05) is 6.07 Å². The lowest BCUT2D eigenvalue weighted by atomic mass is 10.1. The molecule has 1 saturated heterocycles. The number of carbonyl (C=O) groups excluding carboxylic acids is 1. The van der Waals surface area contributed by atoms with Gasteiger partial charge >= 0.3 is 5.97 Å². The molecule has 1 aromatic carbocycles. The van der Waals surface area contributed by atoms with Gasteiger partial charge in [-0.2, -0.15) is 0 Å². The summed E-state index contributed by atoms with van der Waals surface area (Å²) in [7, 11) is 0. The zero-order valence-corrected chi connectivity index (χ0v) is 12.3. The predicted molar refractivity (Wildman–Crippen MR) is 79.1 cm³/mol. The molecule has 0 saturated carbocycles. The monoisotopic (exact) mass is 278 g/mol. The van der Waals surface area contributed by atoms with E-state index in [1.165, 1.54) is 0 Å². The van der Waals surface area contributed by atoms with Crippen LogP contribution in [0.5, 0.6) is 0 Å². The summed E-state index contributed by atoms with van der Waals surface area (Å²) in [5.74, 6) is -0.340. The number of nitrogens with two attached hydrogens (primary N) is 1. The number of anilines is 2. The van der Waals surface area contributed by atoms with Gasteiger partial charge in [-0.25, -0.2) is 4.79 Å². The molecule has 1 aliphatic rings. The summed E-state index contributed by atoms with van der Waals surface area (Å²) in [5, 5.41) is 0. The largest absolute Gasteiger partial charge is 0.462 e. The van der Waals surface area contributed by atoms with Crippen molar-refractivity contribution in [1.82, 2.24) is 0 Å². The summed E-state index contributed by atoms with van der Waals surface area (Å²) in [4.78, 5) is 13.9. The first-order valence-corrected chi connectivity index (χ1v) is 6.88. The second-order valence-electron chi connectivity index (χ2n) is 5.52. The maximum absolute atomic E-state index is 11.7. The highest BCUT2D eigenvalue weighted by atomic mass is 16.5. The standard InChI is InChI=1S/C15H22N2O3/c1-4-19-14(18)11-5-6-13(12(16)9-11)17-7-8-20-15(2,3)10-17/h5-6,9H,4,7-8,10,16H2,1-3H3. The van der Waals surface area contributed by atoms with Crippen molar-refractivity contribution in [3.63, 3.8) is 0 Å². The Balaban J connectivity index is 2.19. The first-order chi connectivity index (χ1) is 9.43. The number of benzene rings is 1. The van der Waals surface area contributed by atoms with Gasteiger partial charge in [0.15, 0.2) is 0 Å². The molecule has 110 valence electrons. The van der Waals surface area contributed by atoms with Gasteiger partial charge in [-0.15, -0.1) is 0 Å². The molecule has 5 nitrogen and oxygen atoms in total. The van der Waals surface area contributed by atoms with Crippen molar-refractivity contribution in [3.8, 4) is 0 Å². The molecule has 1 heterocycles. The number of nitrogen functional groups attached to an aromatic ring is 1. The van der Waals surface area contributed by atoms with E-state index in [9.17, 15) is 4.79 Å². The molecule has 0 aromatic heterocycles. The van der Waals surface area contributed by atoms with Gasteiger partial charge in [-0.1, -0.05) is 0 Å². The Kier molecular flexibility index (Phi) is 4.18. The molecule has 0 unspecified atom stereocenters. The van der Waals surface area contributed by atoms with E-state index in [1.54, 1.807) is 19.1 Å². The molecule has 5 heteroatoms. The highest BCUT2D eigenvalue weighted by molar-refractivity contribution is 5.92. The lowest BCUT2D eigenvalue weighted by Gasteiger charge is -2.39. The molecule has 2 rings (SSSR count). The van der Waals surface area contributed by atoms with Crippen molar-refractivity contribution in [2.45, 2.75) is 26.4 Å². The summed E-state index contributed by atoms with van der Waals surface area (Å²) < 4.78 is 10.7. The molecule has 0 spiro atoms. The van der Waals surface area contributed by atoms with E-state index in [4.69, 9.17) is 15.2 Å². The smallest absolute Gasteiger partial charge is 0.338 e. The Morgan fingerprint density at radius 3 is 2.85 bits per heavy atom. The second kappa shape index (κ2) is 5.71. The predicted octanol–water partition coefficient (Wildman–Crippen LogP) is 2.06. The van der Waals surface area contributed by atoms with E-state index in [0.29, 0.717) is 24.5 Å². The fourth-order valence-electron chi connectivity index (χ4n) is 2.41. The Labute approximate surface area is 119 Å². The molecular formula is C15H22N2O3. The van der Waals surface area contributed by atoms with Crippen LogP contribution in [0.3, 0.4) is 0 Å². The minimum atomic E-state index is -0.340. The average Bonchev–Trinajstić information content (AvgIpc) is 2.37. The van der Waals surface area contributed by atoms with Gasteiger partial charge in [0.05, 0.1) is 35.8 Å². The summed E-state index contributed by atoms with van der Waals surface area (Å²) in [6.45, 7) is 8.50. The fraction of sp³-hybridized carbons (Fsp3) is 0.533. The Hall–Kier alpha value is -1.75. The minimum Gasteiger partial charge on any atom is -0.462 e. The zero-order chi connectivity index (χ0) is 14.8. The van der Waals surface area contributed by atoms with Gasteiger partial charge in [0.25, 0.3) is 0 Å². The highest BCUT2D eigenvalue weighted by Crippen LogP contribution is 2.29. The van der Waals surface area contributed by atoms with Gasteiger partial charge in [0.2, 0.25) is 0 Å². The molecule has 0 aliphatic carbocycles. The van der Waals surface area contributed by atoms with Gasteiger partial charge in [-0.3, -0.25) is 0 Å². The molecular weight excluding hydrogens is 256 g/mol. The highest BCUT2D eigenvalue weighted by Gasteiger charge is 2.28. The number of hydrogen-bond donors (Lipinski definition) is 1. The maximum Gasteiger partial charge on any atom is 0.338 e. The van der Waals surface area contributed by atoms with E-state index < -0.39 is 0 Å². The molecule has 1 fully saturated rings. The normalized spacial score (nSPS) is 17.9. The van der Waals surface area contributed by atoms with E-state index in [-0.39, 0.29) is 11.6 Å². The van der Waals surface area contributed by atoms with E-state index in [2.05, 4.69) is 18.7 Å². The Morgan fingerprint density at radius 2 is 2.25 bits per heavy atom. The minimum absolute atomic E-state index is 0.190. The summed E-state index contributed by atoms with van der Waals surface area (Å²) in [6, 6.07) is 5.31. The topological polar surface area (TPSA) is 64.8 Å². The van der Waals surface area contributed by atoms with Crippen molar-refractivity contribution in [2.75, 3.05) is 36.9 Å². The van der Waals surface area contributed by atoms with Gasteiger partial charge in [-0.05, 0) is 39.0 Å². The van der Waals surface area contributed by atoms with Gasteiger partial charge in [0, 0.05) is 13.1 Å². The number of hydrogen-bond acceptors (Lipinski definition) is 5. The molecule has 0 atom stereocenters. The molecule has 0 radical (unpaired) electrons. The van der Waals surface area contributed by atoms with E-state index >= 15 is 0 Å². The molecule has 1 aromatic rings. The third kappa shape index (κ3) is 3.22. The SMILES string of the molecule is CCOC(=O)c1ccc(N2CCOC(C)(C)C2)c(N)c1. The van der Waals surface area contributed by atoms with Crippen LogP contribution >= 0.6 is 0 Å². The summed E-state index contributed by atoms with van der Waals surface area (Å²) in [6.07, 6.45) is 0.